The van der Waals surface area contributed by atoms with E-state index in [0.29, 0.717) is 11.0 Å². The Hall–Kier alpha value is 0.150. The fourth-order valence-electron chi connectivity index (χ4n) is 2.10. The van der Waals surface area contributed by atoms with Gasteiger partial charge >= 0.3 is 0 Å². The molecule has 1 saturated heterocycles. The number of likely N-dealkylation sites (tertiary alicyclic amines) is 1. The molecule has 0 aromatic heterocycles. The van der Waals surface area contributed by atoms with Crippen molar-refractivity contribution >= 4 is 49.2 Å². The lowest BCUT2D eigenvalue weighted by atomic mass is 10.3. The van der Waals surface area contributed by atoms with Crippen molar-refractivity contribution in [3.63, 3.8) is 0 Å². The average molecular weight is 388 g/mol. The van der Waals surface area contributed by atoms with Gasteiger partial charge in [-0.15, -0.1) is 0 Å². The van der Waals surface area contributed by atoms with E-state index in [-0.39, 0.29) is 21.0 Å². The van der Waals surface area contributed by atoms with Crippen LogP contribution >= 0.6 is 39.1 Å². The summed E-state index contributed by atoms with van der Waals surface area (Å²) in [7, 11) is -1.75. The number of nitrogens with zero attached hydrogens (tertiary/aromatic N) is 1. The molecule has 1 fully saturated rings. The van der Waals surface area contributed by atoms with Crippen LogP contribution in [-0.4, -0.2) is 39.5 Å². The Kier molecular flexibility index (Phi) is 4.80. The van der Waals surface area contributed by atoms with Crippen LogP contribution in [0.3, 0.4) is 0 Å². The Morgan fingerprint density at radius 1 is 1.37 bits per heavy atom. The molecule has 1 aliphatic rings. The van der Waals surface area contributed by atoms with Crippen LogP contribution in [0.15, 0.2) is 21.5 Å². The first-order valence-electron chi connectivity index (χ1n) is 5.65. The van der Waals surface area contributed by atoms with E-state index in [1.165, 1.54) is 12.1 Å². The van der Waals surface area contributed by atoms with E-state index in [4.69, 9.17) is 23.2 Å². The van der Waals surface area contributed by atoms with Gasteiger partial charge < -0.3 is 4.90 Å². The highest BCUT2D eigenvalue weighted by atomic mass is 79.9. The summed E-state index contributed by atoms with van der Waals surface area (Å²) in [6.45, 7) is 1.56. The lowest BCUT2D eigenvalue weighted by Gasteiger charge is -2.15. The second-order valence-corrected chi connectivity index (χ2v) is 7.95. The SMILES string of the molecule is CN1CCC(NS(=O)(=O)c2c(Cl)cc(Br)cc2Cl)C1. The van der Waals surface area contributed by atoms with Gasteiger partial charge in [-0.25, -0.2) is 13.1 Å². The van der Waals surface area contributed by atoms with E-state index in [1.54, 1.807) is 0 Å². The summed E-state index contributed by atoms with van der Waals surface area (Å²) in [6.07, 6.45) is 0.779. The van der Waals surface area contributed by atoms with Crippen molar-refractivity contribution in [2.24, 2.45) is 0 Å². The number of sulfonamides is 1. The van der Waals surface area contributed by atoms with Crippen molar-refractivity contribution in [1.82, 2.24) is 9.62 Å². The first-order valence-corrected chi connectivity index (χ1v) is 8.68. The zero-order chi connectivity index (χ0) is 14.2. The third-order valence-corrected chi connectivity index (χ3v) is 5.84. The van der Waals surface area contributed by atoms with Gasteiger partial charge in [0.1, 0.15) is 4.90 Å². The van der Waals surface area contributed by atoms with Gasteiger partial charge in [0.15, 0.2) is 0 Å². The maximum absolute atomic E-state index is 12.3. The zero-order valence-corrected chi connectivity index (χ0v) is 14.1. The molecule has 1 unspecified atom stereocenters. The molecule has 0 amide bonds. The molecule has 4 nitrogen and oxygen atoms in total. The molecule has 0 aliphatic carbocycles. The molecular formula is C11H13BrCl2N2O2S. The van der Waals surface area contributed by atoms with Crippen LogP contribution in [0.4, 0.5) is 0 Å². The van der Waals surface area contributed by atoms with E-state index in [1.807, 2.05) is 7.05 Å². The number of benzene rings is 1. The lowest BCUT2D eigenvalue weighted by Crippen LogP contribution is -2.36. The van der Waals surface area contributed by atoms with Crippen molar-refractivity contribution in [2.45, 2.75) is 17.4 Å². The molecule has 1 aliphatic heterocycles. The third kappa shape index (κ3) is 3.62. The maximum Gasteiger partial charge on any atom is 0.243 e. The van der Waals surface area contributed by atoms with Crippen LogP contribution in [0.25, 0.3) is 0 Å². The minimum Gasteiger partial charge on any atom is -0.305 e. The number of hydrogen-bond acceptors (Lipinski definition) is 3. The molecule has 0 spiro atoms. The largest absolute Gasteiger partial charge is 0.305 e. The average Bonchev–Trinajstić information content (AvgIpc) is 2.60. The fourth-order valence-corrected chi connectivity index (χ4v) is 5.29. The molecule has 1 aromatic rings. The predicted octanol–water partition coefficient (Wildman–Crippen LogP) is 2.74. The normalized spacial score (nSPS) is 20.9. The molecule has 1 heterocycles. The molecule has 1 atom stereocenters. The topological polar surface area (TPSA) is 49.4 Å². The first kappa shape index (κ1) is 15.5. The van der Waals surface area contributed by atoms with Crippen molar-refractivity contribution in [3.8, 4) is 0 Å². The molecule has 2 rings (SSSR count). The van der Waals surface area contributed by atoms with Gasteiger partial charge in [0.2, 0.25) is 10.0 Å². The lowest BCUT2D eigenvalue weighted by molar-refractivity contribution is 0.407. The van der Waals surface area contributed by atoms with Gasteiger partial charge in [-0.2, -0.15) is 0 Å². The summed E-state index contributed by atoms with van der Waals surface area (Å²) >= 11 is 15.2. The summed E-state index contributed by atoms with van der Waals surface area (Å²) in [4.78, 5) is 2.01. The standard InChI is InChI=1S/C11H13BrCl2N2O2S/c1-16-3-2-8(6-16)15-19(17,18)11-9(13)4-7(12)5-10(11)14/h4-5,8,15H,2-3,6H2,1H3. The fraction of sp³-hybridized carbons (Fsp3) is 0.455. The number of rotatable bonds is 3. The van der Waals surface area contributed by atoms with Gasteiger partial charge in [-0.3, -0.25) is 0 Å². The Morgan fingerprint density at radius 3 is 2.42 bits per heavy atom. The number of nitrogens with one attached hydrogen (secondary N) is 1. The molecule has 0 saturated carbocycles. The molecule has 8 heteroatoms. The Bertz CT molecular complexity index is 571. The maximum atomic E-state index is 12.3. The summed E-state index contributed by atoms with van der Waals surface area (Å²) in [5.41, 5.74) is 0. The highest BCUT2D eigenvalue weighted by molar-refractivity contribution is 9.10. The van der Waals surface area contributed by atoms with Crippen molar-refractivity contribution in [1.29, 1.82) is 0 Å². The Balaban J connectivity index is 2.30. The minimum absolute atomic E-state index is 0.0615. The van der Waals surface area contributed by atoms with E-state index < -0.39 is 10.0 Å². The molecule has 0 bridgehead atoms. The van der Waals surface area contributed by atoms with Crippen LogP contribution < -0.4 is 4.72 Å². The Morgan fingerprint density at radius 2 is 1.95 bits per heavy atom. The van der Waals surface area contributed by atoms with Crippen LogP contribution in [0.5, 0.6) is 0 Å². The molecule has 106 valence electrons. The first-order chi connectivity index (χ1) is 8.79. The van der Waals surface area contributed by atoms with Gasteiger partial charge in [-0.05, 0) is 32.1 Å². The number of halogens is 3. The molecule has 1 aromatic carbocycles. The smallest absolute Gasteiger partial charge is 0.243 e. The monoisotopic (exact) mass is 386 g/mol. The van der Waals surface area contributed by atoms with Crippen molar-refractivity contribution < 1.29 is 8.42 Å². The zero-order valence-electron chi connectivity index (χ0n) is 10.2. The Labute approximate surface area is 131 Å². The number of likely N-dealkylation sites (N-methyl/N-ethyl adjacent to an activating group) is 1. The highest BCUT2D eigenvalue weighted by Crippen LogP contribution is 2.33. The van der Waals surface area contributed by atoms with Gasteiger partial charge in [-0.1, -0.05) is 39.1 Å². The van der Waals surface area contributed by atoms with Gasteiger partial charge in [0.05, 0.1) is 10.0 Å². The minimum atomic E-state index is -3.71. The summed E-state index contributed by atoms with van der Waals surface area (Å²) in [5, 5.41) is 0.219. The predicted molar refractivity (Wildman–Crippen MR) is 80.4 cm³/mol. The molecule has 1 N–H and O–H groups in total. The molecule has 0 radical (unpaired) electrons. The van der Waals surface area contributed by atoms with E-state index in [2.05, 4.69) is 25.6 Å². The van der Waals surface area contributed by atoms with Crippen LogP contribution in [0, 0.1) is 0 Å². The van der Waals surface area contributed by atoms with Crippen LogP contribution in [-0.2, 0) is 10.0 Å². The summed E-state index contributed by atoms with van der Waals surface area (Å²) in [5.74, 6) is 0. The van der Waals surface area contributed by atoms with Crippen molar-refractivity contribution in [2.75, 3.05) is 20.1 Å². The van der Waals surface area contributed by atoms with Crippen molar-refractivity contribution in [3.05, 3.63) is 26.7 Å². The highest BCUT2D eigenvalue weighted by Gasteiger charge is 2.28. The molecule has 19 heavy (non-hydrogen) atoms. The van der Waals surface area contributed by atoms with E-state index in [9.17, 15) is 8.42 Å². The van der Waals surface area contributed by atoms with E-state index in [0.717, 1.165) is 13.0 Å². The van der Waals surface area contributed by atoms with Gasteiger partial charge in [0.25, 0.3) is 0 Å². The quantitative estimate of drug-likeness (QED) is 0.867. The molecular weight excluding hydrogens is 375 g/mol. The van der Waals surface area contributed by atoms with Gasteiger partial charge in [0, 0.05) is 17.1 Å². The summed E-state index contributed by atoms with van der Waals surface area (Å²) < 4.78 is 28.0. The van der Waals surface area contributed by atoms with E-state index >= 15 is 0 Å². The second-order valence-electron chi connectivity index (χ2n) is 4.57. The van der Waals surface area contributed by atoms with Crippen LogP contribution in [0.1, 0.15) is 6.42 Å². The third-order valence-electron chi connectivity index (χ3n) is 2.94. The van der Waals surface area contributed by atoms with Crippen LogP contribution in [0.2, 0.25) is 10.0 Å². The number of hydrogen-bond donors (Lipinski definition) is 1. The summed E-state index contributed by atoms with van der Waals surface area (Å²) in [6, 6.07) is 2.93. The second kappa shape index (κ2) is 5.87.